The van der Waals surface area contributed by atoms with Crippen LogP contribution in [0.1, 0.15) is 37.8 Å². The zero-order valence-electron chi connectivity index (χ0n) is 16.1. The molecule has 0 unspecified atom stereocenters. The molecule has 0 radical (unpaired) electrons. The van der Waals surface area contributed by atoms with Crippen molar-refractivity contribution in [3.63, 3.8) is 0 Å². The van der Waals surface area contributed by atoms with E-state index in [1.165, 1.54) is 16.9 Å². The van der Waals surface area contributed by atoms with Gasteiger partial charge in [0.2, 0.25) is 5.13 Å². The molecule has 146 valence electrons. The molecule has 1 atom stereocenters. The Hall–Kier alpha value is -2.38. The van der Waals surface area contributed by atoms with Crippen molar-refractivity contribution in [2.45, 2.75) is 42.9 Å². The van der Waals surface area contributed by atoms with Gasteiger partial charge in [-0.2, -0.15) is 0 Å². The van der Waals surface area contributed by atoms with Gasteiger partial charge in [-0.1, -0.05) is 85.5 Å². The van der Waals surface area contributed by atoms with Crippen LogP contribution in [-0.2, 0) is 10.5 Å². The van der Waals surface area contributed by atoms with Crippen LogP contribution in [0.25, 0.3) is 0 Å². The largest absolute Gasteiger partial charge is 0.481 e. The van der Waals surface area contributed by atoms with E-state index in [4.69, 9.17) is 4.74 Å². The number of aromatic nitrogens is 2. The number of carbonyl (C=O) groups is 1. The van der Waals surface area contributed by atoms with Gasteiger partial charge in [0, 0.05) is 5.75 Å². The number of benzene rings is 2. The first kappa shape index (κ1) is 20.4. The molecule has 2 aromatic carbocycles. The van der Waals surface area contributed by atoms with Crippen LogP contribution in [-0.4, -0.2) is 22.2 Å². The van der Waals surface area contributed by atoms with Gasteiger partial charge >= 0.3 is 0 Å². The summed E-state index contributed by atoms with van der Waals surface area (Å²) in [6, 6.07) is 18.0. The van der Waals surface area contributed by atoms with E-state index in [-0.39, 0.29) is 5.91 Å². The predicted octanol–water partition coefficient (Wildman–Crippen LogP) is 5.36. The molecule has 0 aliphatic heterocycles. The summed E-state index contributed by atoms with van der Waals surface area (Å²) in [5.41, 5.74) is 2.30. The van der Waals surface area contributed by atoms with Gasteiger partial charge in [0.15, 0.2) is 10.4 Å². The van der Waals surface area contributed by atoms with E-state index in [0.717, 1.165) is 21.4 Å². The van der Waals surface area contributed by atoms with Gasteiger partial charge in [0.1, 0.15) is 5.75 Å². The molecule has 3 rings (SSSR count). The smallest absolute Gasteiger partial charge is 0.266 e. The van der Waals surface area contributed by atoms with Crippen molar-refractivity contribution in [3.8, 4) is 5.75 Å². The van der Waals surface area contributed by atoms with Crippen LogP contribution >= 0.6 is 23.1 Å². The maximum atomic E-state index is 12.5. The fraction of sp³-hybridized carbons (Fsp3) is 0.286. The van der Waals surface area contributed by atoms with E-state index in [1.807, 2.05) is 42.5 Å². The molecule has 28 heavy (non-hydrogen) atoms. The minimum Gasteiger partial charge on any atom is -0.481 e. The van der Waals surface area contributed by atoms with Crippen LogP contribution in [0, 0.1) is 0 Å². The maximum Gasteiger partial charge on any atom is 0.266 e. The van der Waals surface area contributed by atoms with E-state index >= 15 is 0 Å². The molecule has 0 spiro atoms. The lowest BCUT2D eigenvalue weighted by Crippen LogP contribution is -2.30. The number of nitrogens with zero attached hydrogens (tertiary/aromatic N) is 2. The number of para-hydroxylation sites is 1. The molecule has 1 N–H and O–H groups in total. The van der Waals surface area contributed by atoms with Crippen LogP contribution < -0.4 is 10.1 Å². The number of hydrogen-bond donors (Lipinski definition) is 1. The Balaban J connectivity index is 1.55. The number of anilines is 1. The lowest BCUT2D eigenvalue weighted by Gasteiger charge is -2.18. The highest BCUT2D eigenvalue weighted by molar-refractivity contribution is 8.00. The Morgan fingerprint density at radius 2 is 1.79 bits per heavy atom. The van der Waals surface area contributed by atoms with Crippen molar-refractivity contribution in [3.05, 3.63) is 65.7 Å². The highest BCUT2D eigenvalue weighted by Gasteiger charge is 2.19. The Kier molecular flexibility index (Phi) is 7.06. The van der Waals surface area contributed by atoms with Crippen molar-refractivity contribution in [1.82, 2.24) is 10.2 Å². The fourth-order valence-electron chi connectivity index (χ4n) is 2.55. The summed E-state index contributed by atoms with van der Waals surface area (Å²) < 4.78 is 6.71. The van der Waals surface area contributed by atoms with Crippen molar-refractivity contribution in [2.24, 2.45) is 0 Å². The minimum absolute atomic E-state index is 0.241. The second kappa shape index (κ2) is 9.71. The van der Waals surface area contributed by atoms with Gasteiger partial charge in [-0.3, -0.25) is 10.1 Å². The highest BCUT2D eigenvalue weighted by atomic mass is 32.2. The van der Waals surface area contributed by atoms with Crippen molar-refractivity contribution in [2.75, 3.05) is 5.32 Å². The van der Waals surface area contributed by atoms with Gasteiger partial charge in [0.25, 0.3) is 5.91 Å². The van der Waals surface area contributed by atoms with Gasteiger partial charge < -0.3 is 4.74 Å². The molecule has 5 nitrogen and oxygen atoms in total. The molecule has 0 aliphatic rings. The number of nitrogens with one attached hydrogen (secondary N) is 1. The average molecular weight is 414 g/mol. The van der Waals surface area contributed by atoms with E-state index in [2.05, 4.69) is 41.5 Å². The third-order valence-corrected chi connectivity index (χ3v) is 6.10. The Bertz CT molecular complexity index is 913. The lowest BCUT2D eigenvalue weighted by atomic mass is 10.0. The van der Waals surface area contributed by atoms with Gasteiger partial charge in [-0.25, -0.2) is 0 Å². The summed E-state index contributed by atoms with van der Waals surface area (Å²) in [5.74, 6) is 1.62. The SMILES string of the molecule is CC(C)c1ccccc1O[C@@H](C)C(=O)Nc1nnc(SCc2ccccc2)s1. The third-order valence-electron chi connectivity index (χ3n) is 4.06. The van der Waals surface area contributed by atoms with E-state index in [0.29, 0.717) is 11.0 Å². The molecule has 1 amide bonds. The van der Waals surface area contributed by atoms with Crippen LogP contribution in [0.4, 0.5) is 5.13 Å². The zero-order valence-corrected chi connectivity index (χ0v) is 17.7. The topological polar surface area (TPSA) is 64.1 Å². The first-order chi connectivity index (χ1) is 13.5. The standard InChI is InChI=1S/C21H23N3O2S2/c1-14(2)17-11-7-8-12-18(17)26-15(3)19(25)22-20-23-24-21(28-20)27-13-16-9-5-4-6-10-16/h4-12,14-15H,13H2,1-3H3,(H,22,23,25)/t15-/m0/s1. The number of carbonyl (C=O) groups excluding carboxylic acids is 1. The van der Waals surface area contributed by atoms with E-state index in [1.54, 1.807) is 18.7 Å². The average Bonchev–Trinajstić information content (AvgIpc) is 3.14. The Morgan fingerprint density at radius 1 is 1.07 bits per heavy atom. The normalized spacial score (nSPS) is 12.0. The summed E-state index contributed by atoms with van der Waals surface area (Å²) in [7, 11) is 0. The number of ether oxygens (including phenoxy) is 1. The maximum absolute atomic E-state index is 12.5. The van der Waals surface area contributed by atoms with E-state index < -0.39 is 6.10 Å². The second-order valence-corrected chi connectivity index (χ2v) is 8.79. The summed E-state index contributed by atoms with van der Waals surface area (Å²) in [4.78, 5) is 12.5. The number of thioether (sulfide) groups is 1. The second-order valence-electron chi connectivity index (χ2n) is 6.59. The quantitative estimate of drug-likeness (QED) is 0.398. The molecule has 0 aliphatic carbocycles. The monoisotopic (exact) mass is 413 g/mol. The zero-order chi connectivity index (χ0) is 19.9. The molecular formula is C21H23N3O2S2. The minimum atomic E-state index is -0.635. The summed E-state index contributed by atoms with van der Waals surface area (Å²) in [6.45, 7) is 5.93. The Morgan fingerprint density at radius 3 is 2.54 bits per heavy atom. The first-order valence-electron chi connectivity index (χ1n) is 9.09. The van der Waals surface area contributed by atoms with Gasteiger partial charge in [-0.15, -0.1) is 10.2 Å². The van der Waals surface area contributed by atoms with Crippen LogP contribution in [0.3, 0.4) is 0 Å². The summed E-state index contributed by atoms with van der Waals surface area (Å²) in [6.07, 6.45) is -0.635. The van der Waals surface area contributed by atoms with Crippen LogP contribution in [0.5, 0.6) is 5.75 Å². The highest BCUT2D eigenvalue weighted by Crippen LogP contribution is 2.29. The molecule has 1 aromatic heterocycles. The Labute approximate surface area is 173 Å². The summed E-state index contributed by atoms with van der Waals surface area (Å²) >= 11 is 2.97. The lowest BCUT2D eigenvalue weighted by molar-refractivity contribution is -0.122. The van der Waals surface area contributed by atoms with E-state index in [9.17, 15) is 4.79 Å². The fourth-order valence-corrected chi connectivity index (χ4v) is 4.26. The molecule has 0 fully saturated rings. The summed E-state index contributed by atoms with van der Waals surface area (Å²) in [5, 5.41) is 11.5. The first-order valence-corrected chi connectivity index (χ1v) is 10.9. The van der Waals surface area contributed by atoms with Gasteiger partial charge in [0.05, 0.1) is 0 Å². The van der Waals surface area contributed by atoms with Crippen molar-refractivity contribution < 1.29 is 9.53 Å². The molecular weight excluding hydrogens is 390 g/mol. The molecule has 1 heterocycles. The van der Waals surface area contributed by atoms with Crippen LogP contribution in [0.2, 0.25) is 0 Å². The number of rotatable bonds is 8. The molecule has 3 aromatic rings. The predicted molar refractivity (Wildman–Crippen MR) is 115 cm³/mol. The molecule has 0 bridgehead atoms. The van der Waals surface area contributed by atoms with Crippen LogP contribution in [0.15, 0.2) is 58.9 Å². The molecule has 7 heteroatoms. The number of amides is 1. The number of hydrogen-bond acceptors (Lipinski definition) is 6. The third kappa shape index (κ3) is 5.56. The van der Waals surface area contributed by atoms with Crippen molar-refractivity contribution in [1.29, 1.82) is 0 Å². The molecule has 0 saturated heterocycles. The van der Waals surface area contributed by atoms with Gasteiger partial charge in [-0.05, 0) is 30.0 Å². The molecule has 0 saturated carbocycles. The van der Waals surface area contributed by atoms with Crippen molar-refractivity contribution >= 4 is 34.1 Å².